The van der Waals surface area contributed by atoms with E-state index in [1.807, 2.05) is 6.92 Å². The van der Waals surface area contributed by atoms with Crippen molar-refractivity contribution in [2.24, 2.45) is 0 Å². The lowest BCUT2D eigenvalue weighted by Crippen LogP contribution is -2.31. The zero-order chi connectivity index (χ0) is 19.6. The fourth-order valence-electron chi connectivity index (χ4n) is 2.79. The van der Waals surface area contributed by atoms with Crippen LogP contribution in [0, 0.1) is 0 Å². The Morgan fingerprint density at radius 2 is 1.67 bits per heavy atom. The molecule has 1 N–H and O–H groups in total. The summed E-state index contributed by atoms with van der Waals surface area (Å²) in [6, 6.07) is 13.5. The number of rotatable bonds is 5. The lowest BCUT2D eigenvalue weighted by atomic mass is 10.1. The minimum atomic E-state index is -0.370. The molecule has 0 spiro atoms. The molecule has 0 bridgehead atoms. The highest BCUT2D eigenvalue weighted by atomic mass is 35.5. The minimum absolute atomic E-state index is 0.190. The van der Waals surface area contributed by atoms with Crippen molar-refractivity contribution in [3.63, 3.8) is 0 Å². The molecule has 0 radical (unpaired) electrons. The summed E-state index contributed by atoms with van der Waals surface area (Å²) >= 11 is 7.29. The highest BCUT2D eigenvalue weighted by Gasteiger charge is 2.39. The number of carbonyl (C=O) groups excluding carboxylic acids is 3. The number of imide groups is 1. The van der Waals surface area contributed by atoms with Crippen molar-refractivity contribution in [1.29, 1.82) is 0 Å². The first-order valence-corrected chi connectivity index (χ1v) is 9.68. The Kier molecular flexibility index (Phi) is 5.68. The maximum absolute atomic E-state index is 13.1. The smallest absolute Gasteiger partial charge is 0.272 e. The quantitative estimate of drug-likeness (QED) is 0.758. The molecule has 0 saturated heterocycles. The summed E-state index contributed by atoms with van der Waals surface area (Å²) in [5, 5.41) is 3.22. The zero-order valence-electron chi connectivity index (χ0n) is 14.8. The largest absolute Gasteiger partial charge is 0.326 e. The summed E-state index contributed by atoms with van der Waals surface area (Å²) in [4.78, 5) is 38.8. The molecule has 138 valence electrons. The van der Waals surface area contributed by atoms with E-state index in [1.165, 1.54) is 23.6 Å². The van der Waals surface area contributed by atoms with Crippen LogP contribution in [0.25, 0.3) is 5.57 Å². The third-order valence-corrected chi connectivity index (χ3v) is 5.12. The maximum Gasteiger partial charge on any atom is 0.272 e. The van der Waals surface area contributed by atoms with Crippen LogP contribution in [0.1, 0.15) is 19.4 Å². The Balaban J connectivity index is 1.98. The topological polar surface area (TPSA) is 66.5 Å². The van der Waals surface area contributed by atoms with Crippen molar-refractivity contribution in [2.45, 2.75) is 13.8 Å². The Morgan fingerprint density at radius 1 is 1.04 bits per heavy atom. The molecule has 0 saturated carbocycles. The first kappa shape index (κ1) is 19.2. The van der Waals surface area contributed by atoms with Crippen LogP contribution < -0.4 is 10.2 Å². The van der Waals surface area contributed by atoms with Crippen molar-refractivity contribution in [3.8, 4) is 0 Å². The third-order valence-electron chi connectivity index (χ3n) is 3.91. The molecule has 0 atom stereocenters. The average molecular weight is 401 g/mol. The van der Waals surface area contributed by atoms with Gasteiger partial charge in [0.25, 0.3) is 11.8 Å². The number of thioether (sulfide) groups is 1. The molecule has 0 fully saturated rings. The van der Waals surface area contributed by atoms with Gasteiger partial charge >= 0.3 is 0 Å². The molecule has 0 aromatic heterocycles. The van der Waals surface area contributed by atoms with Gasteiger partial charge in [0.15, 0.2) is 0 Å². The highest BCUT2D eigenvalue weighted by molar-refractivity contribution is 8.04. The summed E-state index contributed by atoms with van der Waals surface area (Å²) in [5.74, 6) is -0.236. The summed E-state index contributed by atoms with van der Waals surface area (Å²) in [7, 11) is 0. The third kappa shape index (κ3) is 3.91. The summed E-state index contributed by atoms with van der Waals surface area (Å²) in [6.07, 6.45) is 0. The summed E-state index contributed by atoms with van der Waals surface area (Å²) in [5.41, 5.74) is 2.09. The molecule has 2 aromatic carbocycles. The predicted octanol–water partition coefficient (Wildman–Crippen LogP) is 4.34. The lowest BCUT2D eigenvalue weighted by Gasteiger charge is -2.16. The van der Waals surface area contributed by atoms with E-state index in [9.17, 15) is 14.4 Å². The van der Waals surface area contributed by atoms with Gasteiger partial charge in [0, 0.05) is 17.6 Å². The molecule has 3 amide bonds. The van der Waals surface area contributed by atoms with Gasteiger partial charge in [-0.2, -0.15) is 0 Å². The van der Waals surface area contributed by atoms with Crippen molar-refractivity contribution in [1.82, 2.24) is 0 Å². The van der Waals surface area contributed by atoms with Crippen LogP contribution in [0.5, 0.6) is 0 Å². The Bertz CT molecular complexity index is 937. The molecule has 0 unspecified atom stereocenters. The molecule has 27 heavy (non-hydrogen) atoms. The van der Waals surface area contributed by atoms with Crippen LogP contribution in [0.15, 0.2) is 53.4 Å². The number of nitrogens with zero attached hydrogens (tertiary/aromatic N) is 1. The van der Waals surface area contributed by atoms with Crippen LogP contribution in [0.2, 0.25) is 5.02 Å². The molecular weight excluding hydrogens is 384 g/mol. The molecule has 5 nitrogen and oxygen atoms in total. The van der Waals surface area contributed by atoms with Gasteiger partial charge in [0.05, 0.1) is 16.2 Å². The number of carbonyl (C=O) groups is 3. The van der Waals surface area contributed by atoms with Gasteiger partial charge in [-0.05, 0) is 47.7 Å². The Morgan fingerprint density at radius 3 is 2.22 bits per heavy atom. The number of hydrogen-bond acceptors (Lipinski definition) is 4. The van der Waals surface area contributed by atoms with Crippen molar-refractivity contribution in [3.05, 3.63) is 64.0 Å². The number of amides is 3. The minimum Gasteiger partial charge on any atom is -0.326 e. The number of benzene rings is 2. The SMILES string of the molecule is CCSC1=C(c2ccc(Cl)cc2)C(=O)N(c2ccc(NC(C)=O)cc2)C1=O. The van der Waals surface area contributed by atoms with Crippen molar-refractivity contribution in [2.75, 3.05) is 16.0 Å². The van der Waals surface area contributed by atoms with Crippen molar-refractivity contribution < 1.29 is 14.4 Å². The van der Waals surface area contributed by atoms with Crippen LogP contribution in [-0.2, 0) is 14.4 Å². The fourth-order valence-corrected chi connectivity index (χ4v) is 3.77. The number of halogens is 1. The molecule has 1 heterocycles. The second-order valence-corrected chi connectivity index (χ2v) is 7.53. The molecule has 1 aliphatic heterocycles. The zero-order valence-corrected chi connectivity index (χ0v) is 16.4. The first-order valence-electron chi connectivity index (χ1n) is 8.31. The van der Waals surface area contributed by atoms with E-state index in [-0.39, 0.29) is 17.7 Å². The van der Waals surface area contributed by atoms with Gasteiger partial charge in [-0.3, -0.25) is 14.4 Å². The van der Waals surface area contributed by atoms with E-state index in [4.69, 9.17) is 11.6 Å². The molecule has 3 rings (SSSR count). The first-order chi connectivity index (χ1) is 12.9. The highest BCUT2D eigenvalue weighted by Crippen LogP contribution is 2.38. The van der Waals surface area contributed by atoms with Crippen molar-refractivity contribution >= 4 is 58.0 Å². The van der Waals surface area contributed by atoms with E-state index >= 15 is 0 Å². The van der Waals surface area contributed by atoms with Crippen LogP contribution in [0.4, 0.5) is 11.4 Å². The van der Waals surface area contributed by atoms with Crippen LogP contribution in [-0.4, -0.2) is 23.5 Å². The standard InChI is InChI=1S/C20H17ClN2O3S/c1-3-27-18-17(13-4-6-14(21)7-5-13)19(25)23(20(18)26)16-10-8-15(9-11-16)22-12(2)24/h4-11H,3H2,1-2H3,(H,22,24). The lowest BCUT2D eigenvalue weighted by molar-refractivity contribution is -0.120. The van der Waals surface area contributed by atoms with E-state index in [1.54, 1.807) is 48.5 Å². The second kappa shape index (κ2) is 7.98. The van der Waals surface area contributed by atoms with Crippen LogP contribution >= 0.6 is 23.4 Å². The summed E-state index contributed by atoms with van der Waals surface area (Å²) in [6.45, 7) is 3.35. The van der Waals surface area contributed by atoms with Gasteiger partial charge in [0.2, 0.25) is 5.91 Å². The Hall–Kier alpha value is -2.57. The number of hydrogen-bond donors (Lipinski definition) is 1. The predicted molar refractivity (Wildman–Crippen MR) is 110 cm³/mol. The molecule has 7 heteroatoms. The molecule has 2 aromatic rings. The van der Waals surface area contributed by atoms with E-state index in [0.29, 0.717) is 38.2 Å². The van der Waals surface area contributed by atoms with E-state index < -0.39 is 0 Å². The Labute approximate surface area is 166 Å². The van der Waals surface area contributed by atoms with Gasteiger partial charge in [-0.1, -0.05) is 30.7 Å². The van der Waals surface area contributed by atoms with Gasteiger partial charge in [0.1, 0.15) is 0 Å². The normalized spacial score (nSPS) is 14.1. The van der Waals surface area contributed by atoms with Gasteiger partial charge in [-0.25, -0.2) is 4.90 Å². The number of nitrogens with one attached hydrogen (secondary N) is 1. The molecular formula is C20H17ClN2O3S. The second-order valence-electron chi connectivity index (χ2n) is 5.82. The van der Waals surface area contributed by atoms with E-state index in [2.05, 4.69) is 5.32 Å². The van der Waals surface area contributed by atoms with Gasteiger partial charge in [-0.15, -0.1) is 11.8 Å². The number of anilines is 2. The average Bonchev–Trinajstić information content (AvgIpc) is 2.87. The van der Waals surface area contributed by atoms with Crippen LogP contribution in [0.3, 0.4) is 0 Å². The molecule has 0 aliphatic carbocycles. The summed E-state index contributed by atoms with van der Waals surface area (Å²) < 4.78 is 0. The maximum atomic E-state index is 13.1. The van der Waals surface area contributed by atoms with E-state index in [0.717, 1.165) is 0 Å². The fraction of sp³-hybridized carbons (Fsp3) is 0.150. The monoisotopic (exact) mass is 400 g/mol. The van der Waals surface area contributed by atoms with Gasteiger partial charge < -0.3 is 5.32 Å². The molecule has 1 aliphatic rings.